The van der Waals surface area contributed by atoms with E-state index in [1.165, 1.54) is 28.6 Å². The molecular formula is C23H25ClN4O5S. The van der Waals surface area contributed by atoms with Crippen LogP contribution in [0.2, 0.25) is 5.02 Å². The van der Waals surface area contributed by atoms with Gasteiger partial charge in [-0.25, -0.2) is 13.4 Å². The molecule has 11 heteroatoms. The monoisotopic (exact) mass is 504 g/mol. The number of ether oxygens (including phenoxy) is 1. The molecule has 0 aliphatic carbocycles. The lowest BCUT2D eigenvalue weighted by atomic mass is 10.1. The largest absolute Gasteiger partial charge is 0.495 e. The second-order valence-electron chi connectivity index (χ2n) is 8.08. The average molecular weight is 505 g/mol. The van der Waals surface area contributed by atoms with E-state index in [4.69, 9.17) is 16.3 Å². The fourth-order valence-electron chi connectivity index (χ4n) is 3.97. The van der Waals surface area contributed by atoms with Crippen LogP contribution < -0.4 is 9.75 Å². The first-order chi connectivity index (χ1) is 16.2. The minimum Gasteiger partial charge on any atom is -0.495 e. The van der Waals surface area contributed by atoms with Gasteiger partial charge in [0.05, 0.1) is 12.8 Å². The van der Waals surface area contributed by atoms with E-state index in [1.807, 2.05) is 25.1 Å². The summed E-state index contributed by atoms with van der Waals surface area (Å²) < 4.78 is 32.9. The fourth-order valence-corrected chi connectivity index (χ4v) is 5.81. The third-order valence-corrected chi connectivity index (χ3v) is 7.95. The third kappa shape index (κ3) is 4.79. The molecule has 9 nitrogen and oxygen atoms in total. The Hall–Kier alpha value is -2.95. The molecule has 1 saturated heterocycles. The van der Waals surface area contributed by atoms with Gasteiger partial charge >= 0.3 is 0 Å². The lowest BCUT2D eigenvalue weighted by Gasteiger charge is -2.35. The van der Waals surface area contributed by atoms with Gasteiger partial charge in [0.2, 0.25) is 15.9 Å². The van der Waals surface area contributed by atoms with Crippen molar-refractivity contribution in [1.29, 1.82) is 0 Å². The number of rotatable bonds is 5. The maximum atomic E-state index is 13.2. The van der Waals surface area contributed by atoms with Crippen LogP contribution >= 0.6 is 11.6 Å². The Kier molecular flexibility index (Phi) is 6.92. The van der Waals surface area contributed by atoms with Crippen molar-refractivity contribution in [3.8, 4) is 5.75 Å². The molecule has 0 bridgehead atoms. The molecule has 180 valence electrons. The number of hydrogen-bond acceptors (Lipinski definition) is 6. The Morgan fingerprint density at radius 3 is 2.47 bits per heavy atom. The Labute approximate surface area is 203 Å². The van der Waals surface area contributed by atoms with Crippen LogP contribution in [0.3, 0.4) is 0 Å². The number of hydrogen-bond donors (Lipinski definition) is 0. The predicted molar refractivity (Wildman–Crippen MR) is 129 cm³/mol. The number of carbonyl (C=O) groups is 2. The quantitative estimate of drug-likeness (QED) is 0.623. The van der Waals surface area contributed by atoms with Crippen LogP contribution in [-0.2, 0) is 19.6 Å². The predicted octanol–water partition coefficient (Wildman–Crippen LogP) is 2.67. The number of sulfonamides is 1. The fraction of sp³-hybridized carbons (Fsp3) is 0.348. The van der Waals surface area contributed by atoms with E-state index in [-0.39, 0.29) is 72.2 Å². The first-order valence-electron chi connectivity index (χ1n) is 10.8. The summed E-state index contributed by atoms with van der Waals surface area (Å²) in [4.78, 5) is 27.1. The number of methoxy groups -OCH3 is 1. The number of carbonyl (C=O) groups excluding carboxylic acids is 2. The molecule has 0 radical (unpaired) electrons. The summed E-state index contributed by atoms with van der Waals surface area (Å²) in [5, 5.41) is 5.91. The van der Waals surface area contributed by atoms with Crippen molar-refractivity contribution in [3.05, 3.63) is 53.1 Å². The summed E-state index contributed by atoms with van der Waals surface area (Å²) in [6, 6.07) is 11.8. The molecule has 2 aromatic rings. The highest BCUT2D eigenvalue weighted by Gasteiger charge is 2.34. The molecule has 2 heterocycles. The maximum Gasteiger partial charge on any atom is 0.270 e. The zero-order valence-corrected chi connectivity index (χ0v) is 20.5. The lowest BCUT2D eigenvalue weighted by Crippen LogP contribution is -2.52. The van der Waals surface area contributed by atoms with Crippen LogP contribution in [0, 0.1) is 6.92 Å². The highest BCUT2D eigenvalue weighted by atomic mass is 35.5. The smallest absolute Gasteiger partial charge is 0.270 e. The Morgan fingerprint density at radius 1 is 1.06 bits per heavy atom. The molecule has 0 N–H and O–H groups in total. The minimum atomic E-state index is -3.85. The van der Waals surface area contributed by atoms with Crippen LogP contribution in [0.1, 0.15) is 18.4 Å². The van der Waals surface area contributed by atoms with E-state index in [0.717, 1.165) is 5.56 Å². The van der Waals surface area contributed by atoms with E-state index in [0.29, 0.717) is 5.69 Å². The molecule has 34 heavy (non-hydrogen) atoms. The summed E-state index contributed by atoms with van der Waals surface area (Å²) in [6.07, 6.45) is 0.430. The summed E-state index contributed by atoms with van der Waals surface area (Å²) in [7, 11) is -2.46. The van der Waals surface area contributed by atoms with Crippen LogP contribution in [0.25, 0.3) is 0 Å². The summed E-state index contributed by atoms with van der Waals surface area (Å²) in [5.74, 6) is -0.253. The lowest BCUT2D eigenvalue weighted by molar-refractivity contribution is -0.125. The van der Waals surface area contributed by atoms with Gasteiger partial charge in [0.25, 0.3) is 5.91 Å². The molecule has 4 rings (SSSR count). The normalized spacial score (nSPS) is 17.5. The number of anilines is 1. The Morgan fingerprint density at radius 2 is 1.79 bits per heavy atom. The van der Waals surface area contributed by atoms with Gasteiger partial charge in [-0.1, -0.05) is 23.7 Å². The minimum absolute atomic E-state index is 0.00811. The number of amides is 2. The van der Waals surface area contributed by atoms with Crippen molar-refractivity contribution in [2.24, 2.45) is 5.10 Å². The second-order valence-corrected chi connectivity index (χ2v) is 10.4. The topological polar surface area (TPSA) is 99.6 Å². The van der Waals surface area contributed by atoms with Gasteiger partial charge in [-0.15, -0.1) is 0 Å². The highest BCUT2D eigenvalue weighted by Crippen LogP contribution is 2.30. The van der Waals surface area contributed by atoms with E-state index in [9.17, 15) is 18.0 Å². The zero-order valence-electron chi connectivity index (χ0n) is 18.9. The number of benzene rings is 2. The van der Waals surface area contributed by atoms with Gasteiger partial charge < -0.3 is 9.64 Å². The van der Waals surface area contributed by atoms with Gasteiger partial charge in [0.1, 0.15) is 16.4 Å². The maximum absolute atomic E-state index is 13.2. The summed E-state index contributed by atoms with van der Waals surface area (Å²) in [5.41, 5.74) is 1.88. The molecule has 0 saturated carbocycles. The van der Waals surface area contributed by atoms with Gasteiger partial charge in [-0.2, -0.15) is 9.41 Å². The number of halogens is 1. The molecule has 2 aliphatic rings. The summed E-state index contributed by atoms with van der Waals surface area (Å²) >= 11 is 6.01. The van der Waals surface area contributed by atoms with Crippen LogP contribution in [-0.4, -0.2) is 68.4 Å². The molecule has 0 spiro atoms. The number of hydrazone groups is 1. The first kappa shape index (κ1) is 24.2. The molecular weight excluding hydrogens is 480 g/mol. The van der Waals surface area contributed by atoms with Crippen molar-refractivity contribution >= 4 is 44.8 Å². The van der Waals surface area contributed by atoms with Gasteiger partial charge in [0, 0.05) is 44.0 Å². The molecule has 0 unspecified atom stereocenters. The number of piperazine rings is 1. The SMILES string of the molecule is COc1ccc(Cl)cc1S(=O)(=O)N1CCN(C(=O)C2=NN(c3cccc(C)c3)C(=O)CC2)CC1. The first-order valence-corrected chi connectivity index (χ1v) is 12.6. The zero-order chi connectivity index (χ0) is 24.5. The average Bonchev–Trinajstić information content (AvgIpc) is 2.84. The van der Waals surface area contributed by atoms with Crippen LogP contribution in [0.4, 0.5) is 5.69 Å². The number of nitrogens with zero attached hydrogens (tertiary/aromatic N) is 4. The van der Waals surface area contributed by atoms with E-state index < -0.39 is 10.0 Å². The number of aryl methyl sites for hydroxylation is 1. The standard InChI is InChI=1S/C23H25ClN4O5S/c1-16-4-3-5-18(14-16)28-22(29)9-7-19(25-28)23(30)26-10-12-27(13-11-26)34(31,32)21-15-17(24)6-8-20(21)33-2/h3-6,8,14-15H,7,9-13H2,1-2H3. The van der Waals surface area contributed by atoms with Crippen molar-refractivity contribution in [2.45, 2.75) is 24.7 Å². The van der Waals surface area contributed by atoms with Crippen molar-refractivity contribution in [1.82, 2.24) is 9.21 Å². The Bertz CT molecular complexity index is 1260. The molecule has 0 aromatic heterocycles. The second kappa shape index (κ2) is 9.73. The highest BCUT2D eigenvalue weighted by molar-refractivity contribution is 7.89. The van der Waals surface area contributed by atoms with Crippen molar-refractivity contribution < 1.29 is 22.7 Å². The van der Waals surface area contributed by atoms with E-state index in [1.54, 1.807) is 17.0 Å². The van der Waals surface area contributed by atoms with Gasteiger partial charge in [0.15, 0.2) is 0 Å². The van der Waals surface area contributed by atoms with Gasteiger partial charge in [-0.3, -0.25) is 9.59 Å². The van der Waals surface area contributed by atoms with Crippen molar-refractivity contribution in [3.63, 3.8) is 0 Å². The third-order valence-electron chi connectivity index (χ3n) is 5.80. The van der Waals surface area contributed by atoms with Crippen molar-refractivity contribution in [2.75, 3.05) is 38.3 Å². The van der Waals surface area contributed by atoms with Crippen LogP contribution in [0.5, 0.6) is 5.75 Å². The van der Waals surface area contributed by atoms with E-state index in [2.05, 4.69) is 5.10 Å². The van der Waals surface area contributed by atoms with E-state index >= 15 is 0 Å². The molecule has 2 aromatic carbocycles. The van der Waals surface area contributed by atoms with Gasteiger partial charge in [-0.05, 0) is 42.8 Å². The Balaban J connectivity index is 1.48. The molecule has 0 atom stereocenters. The molecule has 1 fully saturated rings. The molecule has 2 aliphatic heterocycles. The summed E-state index contributed by atoms with van der Waals surface area (Å²) in [6.45, 7) is 2.58. The molecule has 2 amide bonds. The van der Waals surface area contributed by atoms with Crippen LogP contribution in [0.15, 0.2) is 52.5 Å².